The third-order valence-corrected chi connectivity index (χ3v) is 2.30. The standard InChI is InChI=1S/C12H12N2O3/c1-8-4-5-10(12(16)14-8)11(15)13-7-9-3-2-6-17-9/h2-6H,7H2,1H3,(H,13,15)(H,14,16). The van der Waals surface area contributed by atoms with Crippen molar-refractivity contribution >= 4 is 5.91 Å². The topological polar surface area (TPSA) is 75.1 Å². The van der Waals surface area contributed by atoms with E-state index in [9.17, 15) is 9.59 Å². The third-order valence-electron chi connectivity index (χ3n) is 2.30. The summed E-state index contributed by atoms with van der Waals surface area (Å²) >= 11 is 0. The van der Waals surface area contributed by atoms with Gasteiger partial charge in [-0.3, -0.25) is 9.59 Å². The Morgan fingerprint density at radius 1 is 1.41 bits per heavy atom. The fourth-order valence-corrected chi connectivity index (χ4v) is 1.43. The summed E-state index contributed by atoms with van der Waals surface area (Å²) in [5.41, 5.74) is 0.432. The minimum atomic E-state index is -0.414. The van der Waals surface area contributed by atoms with Crippen LogP contribution in [0.4, 0.5) is 0 Å². The van der Waals surface area contributed by atoms with Crippen LogP contribution in [0.5, 0.6) is 0 Å². The maximum atomic E-state index is 11.7. The molecule has 2 N–H and O–H groups in total. The van der Waals surface area contributed by atoms with Crippen LogP contribution in [0.1, 0.15) is 21.8 Å². The molecule has 17 heavy (non-hydrogen) atoms. The van der Waals surface area contributed by atoms with Crippen molar-refractivity contribution in [2.24, 2.45) is 0 Å². The van der Waals surface area contributed by atoms with Crippen molar-refractivity contribution in [3.63, 3.8) is 0 Å². The fraction of sp³-hybridized carbons (Fsp3) is 0.167. The van der Waals surface area contributed by atoms with Crippen LogP contribution in [-0.2, 0) is 6.54 Å². The van der Waals surface area contributed by atoms with Crippen LogP contribution >= 0.6 is 0 Å². The lowest BCUT2D eigenvalue weighted by Gasteiger charge is -2.02. The first-order chi connectivity index (χ1) is 8.16. The summed E-state index contributed by atoms with van der Waals surface area (Å²) in [7, 11) is 0. The molecule has 0 aliphatic rings. The molecule has 0 aliphatic carbocycles. The number of nitrogens with one attached hydrogen (secondary N) is 2. The van der Waals surface area contributed by atoms with Gasteiger partial charge in [-0.05, 0) is 31.2 Å². The van der Waals surface area contributed by atoms with Crippen molar-refractivity contribution in [3.05, 3.63) is 57.9 Å². The molecular formula is C12H12N2O3. The lowest BCUT2D eigenvalue weighted by Crippen LogP contribution is -2.29. The number of aromatic amines is 1. The highest BCUT2D eigenvalue weighted by Crippen LogP contribution is 2.00. The second-order valence-electron chi connectivity index (χ2n) is 3.65. The highest BCUT2D eigenvalue weighted by atomic mass is 16.3. The van der Waals surface area contributed by atoms with Crippen LogP contribution in [0.3, 0.4) is 0 Å². The van der Waals surface area contributed by atoms with E-state index in [1.165, 1.54) is 12.3 Å². The average molecular weight is 232 g/mol. The second kappa shape index (κ2) is 4.69. The molecule has 0 unspecified atom stereocenters. The second-order valence-corrected chi connectivity index (χ2v) is 3.65. The van der Waals surface area contributed by atoms with Gasteiger partial charge in [-0.15, -0.1) is 0 Å². The molecule has 0 saturated heterocycles. The molecule has 0 radical (unpaired) electrons. The maximum Gasteiger partial charge on any atom is 0.260 e. The lowest BCUT2D eigenvalue weighted by atomic mass is 10.2. The zero-order valence-electron chi connectivity index (χ0n) is 9.32. The quantitative estimate of drug-likeness (QED) is 0.835. The SMILES string of the molecule is Cc1ccc(C(=O)NCc2ccco2)c(=O)[nH]1. The number of carbonyl (C=O) groups excluding carboxylic acids is 1. The maximum absolute atomic E-state index is 11.7. The molecule has 5 heteroatoms. The van der Waals surface area contributed by atoms with E-state index in [0.717, 1.165) is 5.69 Å². The van der Waals surface area contributed by atoms with Gasteiger partial charge in [0.15, 0.2) is 0 Å². The Labute approximate surface area is 97.5 Å². The molecule has 1 amide bonds. The molecule has 2 aromatic heterocycles. The predicted molar refractivity (Wildman–Crippen MR) is 61.7 cm³/mol. The molecule has 88 valence electrons. The number of amides is 1. The Bertz CT molecular complexity index is 570. The molecule has 0 bridgehead atoms. The Morgan fingerprint density at radius 3 is 2.88 bits per heavy atom. The number of aryl methyl sites for hydroxylation is 1. The average Bonchev–Trinajstić information content (AvgIpc) is 2.78. The Kier molecular flexibility index (Phi) is 3.09. The summed E-state index contributed by atoms with van der Waals surface area (Å²) in [6, 6.07) is 6.68. The third kappa shape index (κ3) is 2.63. The zero-order chi connectivity index (χ0) is 12.3. The fourth-order valence-electron chi connectivity index (χ4n) is 1.43. The van der Waals surface area contributed by atoms with Gasteiger partial charge < -0.3 is 14.7 Å². The summed E-state index contributed by atoms with van der Waals surface area (Å²) in [5.74, 6) is 0.226. The minimum Gasteiger partial charge on any atom is -0.467 e. The number of hydrogen-bond acceptors (Lipinski definition) is 3. The number of carbonyl (C=O) groups is 1. The van der Waals surface area contributed by atoms with E-state index in [4.69, 9.17) is 4.42 Å². The monoisotopic (exact) mass is 232 g/mol. The molecule has 2 aromatic rings. The van der Waals surface area contributed by atoms with E-state index in [-0.39, 0.29) is 17.7 Å². The van der Waals surface area contributed by atoms with Gasteiger partial charge in [-0.2, -0.15) is 0 Å². The van der Waals surface area contributed by atoms with Crippen LogP contribution in [-0.4, -0.2) is 10.9 Å². The number of pyridine rings is 1. The summed E-state index contributed by atoms with van der Waals surface area (Å²) in [6.45, 7) is 2.02. The summed E-state index contributed by atoms with van der Waals surface area (Å²) in [4.78, 5) is 25.8. The van der Waals surface area contributed by atoms with Gasteiger partial charge in [0.1, 0.15) is 11.3 Å². The van der Waals surface area contributed by atoms with Crippen LogP contribution < -0.4 is 10.9 Å². The summed E-state index contributed by atoms with van der Waals surface area (Å²) in [5, 5.41) is 2.61. The van der Waals surface area contributed by atoms with Crippen LogP contribution in [0.15, 0.2) is 39.7 Å². The molecular weight excluding hydrogens is 220 g/mol. The first kappa shape index (κ1) is 11.2. The van der Waals surface area contributed by atoms with Crippen molar-refractivity contribution in [3.8, 4) is 0 Å². The molecule has 0 saturated carbocycles. The number of hydrogen-bond donors (Lipinski definition) is 2. The molecule has 0 spiro atoms. The summed E-state index contributed by atoms with van der Waals surface area (Å²) in [6.07, 6.45) is 1.53. The van der Waals surface area contributed by atoms with Gasteiger partial charge in [0.2, 0.25) is 0 Å². The Hall–Kier alpha value is -2.30. The highest BCUT2D eigenvalue weighted by molar-refractivity contribution is 5.93. The molecule has 0 atom stereocenters. The van der Waals surface area contributed by atoms with E-state index in [0.29, 0.717) is 5.76 Å². The van der Waals surface area contributed by atoms with Crippen molar-refractivity contribution in [2.75, 3.05) is 0 Å². The van der Waals surface area contributed by atoms with E-state index < -0.39 is 5.91 Å². The van der Waals surface area contributed by atoms with Gasteiger partial charge in [0, 0.05) is 5.69 Å². The van der Waals surface area contributed by atoms with Gasteiger partial charge in [-0.25, -0.2) is 0 Å². The van der Waals surface area contributed by atoms with E-state index in [2.05, 4.69) is 10.3 Å². The van der Waals surface area contributed by atoms with Crippen molar-refractivity contribution in [1.29, 1.82) is 0 Å². The minimum absolute atomic E-state index is 0.0992. The first-order valence-corrected chi connectivity index (χ1v) is 5.17. The van der Waals surface area contributed by atoms with Gasteiger partial charge in [-0.1, -0.05) is 0 Å². The largest absolute Gasteiger partial charge is 0.467 e. The van der Waals surface area contributed by atoms with Crippen LogP contribution in [0.2, 0.25) is 0 Å². The molecule has 0 aliphatic heterocycles. The van der Waals surface area contributed by atoms with Crippen molar-refractivity contribution < 1.29 is 9.21 Å². The van der Waals surface area contributed by atoms with Gasteiger partial charge in [0.25, 0.3) is 11.5 Å². The first-order valence-electron chi connectivity index (χ1n) is 5.17. The summed E-state index contributed by atoms with van der Waals surface area (Å²) < 4.78 is 5.07. The molecule has 2 rings (SSSR count). The normalized spacial score (nSPS) is 10.2. The van der Waals surface area contributed by atoms with E-state index in [1.54, 1.807) is 25.1 Å². The van der Waals surface area contributed by atoms with Crippen LogP contribution in [0.25, 0.3) is 0 Å². The number of aromatic nitrogens is 1. The zero-order valence-corrected chi connectivity index (χ0v) is 9.32. The number of rotatable bonds is 3. The lowest BCUT2D eigenvalue weighted by molar-refractivity contribution is 0.0946. The molecule has 5 nitrogen and oxygen atoms in total. The van der Waals surface area contributed by atoms with E-state index in [1.807, 2.05) is 0 Å². The van der Waals surface area contributed by atoms with Crippen molar-refractivity contribution in [2.45, 2.75) is 13.5 Å². The number of furan rings is 1. The van der Waals surface area contributed by atoms with Crippen LogP contribution in [0, 0.1) is 6.92 Å². The smallest absolute Gasteiger partial charge is 0.260 e. The molecule has 0 fully saturated rings. The number of H-pyrrole nitrogens is 1. The highest BCUT2D eigenvalue weighted by Gasteiger charge is 2.10. The predicted octanol–water partition coefficient (Wildman–Crippen LogP) is 1.21. The van der Waals surface area contributed by atoms with Gasteiger partial charge in [0.05, 0.1) is 12.8 Å². The Morgan fingerprint density at radius 2 is 2.24 bits per heavy atom. The molecule has 0 aromatic carbocycles. The van der Waals surface area contributed by atoms with E-state index >= 15 is 0 Å². The Balaban J connectivity index is 2.07. The molecule has 2 heterocycles. The van der Waals surface area contributed by atoms with Crippen molar-refractivity contribution in [1.82, 2.24) is 10.3 Å². The van der Waals surface area contributed by atoms with Gasteiger partial charge >= 0.3 is 0 Å².